The molecule has 0 heterocycles. The summed E-state index contributed by atoms with van der Waals surface area (Å²) in [6, 6.07) is 13.2. The number of hydrogen-bond donors (Lipinski definition) is 1. The molecule has 0 aromatic heterocycles. The molecule has 2 N–H and O–H groups in total. The van der Waals surface area contributed by atoms with Gasteiger partial charge in [0.15, 0.2) is 0 Å². The molecule has 0 fully saturated rings. The number of benzene rings is 2. The second-order valence-electron chi connectivity index (χ2n) is 4.67. The van der Waals surface area contributed by atoms with E-state index in [0.29, 0.717) is 11.3 Å². The van der Waals surface area contributed by atoms with Gasteiger partial charge in [0.1, 0.15) is 4.90 Å². The lowest BCUT2D eigenvalue weighted by molar-refractivity contribution is 0.595. The maximum Gasteiger partial charge on any atom is 0.266 e. The van der Waals surface area contributed by atoms with Crippen LogP contribution in [0.2, 0.25) is 0 Å². The van der Waals surface area contributed by atoms with Crippen molar-refractivity contribution in [2.75, 3.05) is 17.1 Å². The van der Waals surface area contributed by atoms with Crippen LogP contribution in [0.15, 0.2) is 47.4 Å². The van der Waals surface area contributed by atoms with Gasteiger partial charge in [-0.05, 0) is 37.3 Å². The first-order valence-corrected chi connectivity index (χ1v) is 7.65. The highest BCUT2D eigenvalue weighted by Gasteiger charge is 2.23. The molecular weight excluding hydrogens is 286 g/mol. The maximum atomic E-state index is 12.6. The van der Waals surface area contributed by atoms with Crippen LogP contribution in [-0.2, 0) is 10.0 Å². The maximum absolute atomic E-state index is 12.6. The predicted octanol–water partition coefficient (Wildman–Crippen LogP) is 2.27. The van der Waals surface area contributed by atoms with E-state index in [1.807, 2.05) is 25.1 Å². The van der Waals surface area contributed by atoms with Crippen molar-refractivity contribution in [1.29, 1.82) is 5.26 Å². The largest absolute Gasteiger partial charge is 0.398 e. The van der Waals surface area contributed by atoms with Gasteiger partial charge in [-0.3, -0.25) is 4.31 Å². The summed E-state index contributed by atoms with van der Waals surface area (Å²) in [6.45, 7) is 1.93. The van der Waals surface area contributed by atoms with Crippen molar-refractivity contribution in [2.24, 2.45) is 0 Å². The first-order chi connectivity index (χ1) is 9.86. The van der Waals surface area contributed by atoms with Gasteiger partial charge in [-0.25, -0.2) is 8.42 Å². The summed E-state index contributed by atoms with van der Waals surface area (Å²) in [6.07, 6.45) is 0. The summed E-state index contributed by atoms with van der Waals surface area (Å²) >= 11 is 0. The van der Waals surface area contributed by atoms with Gasteiger partial charge in [0.25, 0.3) is 10.0 Å². The third-order valence-electron chi connectivity index (χ3n) is 3.17. The van der Waals surface area contributed by atoms with Crippen LogP contribution in [0.4, 0.5) is 11.4 Å². The minimum Gasteiger partial charge on any atom is -0.398 e. The zero-order valence-electron chi connectivity index (χ0n) is 11.7. The number of nitrogen functional groups attached to an aromatic ring is 1. The Morgan fingerprint density at radius 1 is 1.14 bits per heavy atom. The number of nitriles is 1. The standard InChI is InChI=1S/C15H15N3O2S/c1-11-3-6-13(7-4-11)18(2)21(19,20)15-8-5-12(10-16)9-14(15)17/h3-9H,17H2,1-2H3. The van der Waals surface area contributed by atoms with Gasteiger partial charge in [0, 0.05) is 7.05 Å². The number of nitrogens with two attached hydrogens (primary N) is 1. The van der Waals surface area contributed by atoms with E-state index in [4.69, 9.17) is 11.0 Å². The molecule has 0 bridgehead atoms. The van der Waals surface area contributed by atoms with Crippen molar-refractivity contribution in [3.8, 4) is 6.07 Å². The molecule has 0 unspecified atom stereocenters. The molecule has 0 atom stereocenters. The molecule has 6 heteroatoms. The molecule has 0 radical (unpaired) electrons. The smallest absolute Gasteiger partial charge is 0.266 e. The van der Waals surface area contributed by atoms with Crippen LogP contribution in [0.5, 0.6) is 0 Å². The van der Waals surface area contributed by atoms with E-state index in [0.717, 1.165) is 5.56 Å². The fraction of sp³-hybridized carbons (Fsp3) is 0.133. The Labute approximate surface area is 124 Å². The Hall–Kier alpha value is -2.52. The highest BCUT2D eigenvalue weighted by atomic mass is 32.2. The van der Waals surface area contributed by atoms with E-state index >= 15 is 0 Å². The highest BCUT2D eigenvalue weighted by Crippen LogP contribution is 2.26. The Morgan fingerprint density at radius 3 is 2.29 bits per heavy atom. The third kappa shape index (κ3) is 2.83. The third-order valence-corrected chi connectivity index (χ3v) is 5.03. The van der Waals surface area contributed by atoms with Crippen LogP contribution < -0.4 is 10.0 Å². The molecule has 0 spiro atoms. The van der Waals surface area contributed by atoms with Gasteiger partial charge in [-0.2, -0.15) is 5.26 Å². The molecule has 0 saturated heterocycles. The van der Waals surface area contributed by atoms with E-state index in [-0.39, 0.29) is 10.6 Å². The number of nitrogens with zero attached hydrogens (tertiary/aromatic N) is 2. The molecule has 0 saturated carbocycles. The zero-order chi connectivity index (χ0) is 15.6. The van der Waals surface area contributed by atoms with Crippen LogP contribution in [0.1, 0.15) is 11.1 Å². The Kier molecular flexibility index (Phi) is 3.87. The second kappa shape index (κ2) is 5.46. The molecule has 2 rings (SSSR count). The lowest BCUT2D eigenvalue weighted by atomic mass is 10.2. The topological polar surface area (TPSA) is 87.2 Å². The minimum absolute atomic E-state index is 0.00965. The normalized spacial score (nSPS) is 10.9. The van der Waals surface area contributed by atoms with E-state index in [1.54, 1.807) is 12.1 Å². The van der Waals surface area contributed by atoms with Crippen LogP contribution in [0.3, 0.4) is 0 Å². The summed E-state index contributed by atoms with van der Waals surface area (Å²) in [5, 5.41) is 8.80. The summed E-state index contributed by atoms with van der Waals surface area (Å²) < 4.78 is 26.4. The van der Waals surface area contributed by atoms with E-state index < -0.39 is 10.0 Å². The summed E-state index contributed by atoms with van der Waals surface area (Å²) in [7, 11) is -2.29. The van der Waals surface area contributed by atoms with Crippen molar-refractivity contribution in [1.82, 2.24) is 0 Å². The zero-order valence-corrected chi connectivity index (χ0v) is 12.6. The van der Waals surface area contributed by atoms with Crippen molar-refractivity contribution in [3.05, 3.63) is 53.6 Å². The molecule has 2 aromatic carbocycles. The van der Waals surface area contributed by atoms with Gasteiger partial charge < -0.3 is 5.73 Å². The Morgan fingerprint density at radius 2 is 1.76 bits per heavy atom. The summed E-state index contributed by atoms with van der Waals surface area (Å²) in [5.41, 5.74) is 7.74. The molecule has 0 aliphatic heterocycles. The monoisotopic (exact) mass is 301 g/mol. The van der Waals surface area contributed by atoms with Crippen molar-refractivity contribution in [3.63, 3.8) is 0 Å². The fourth-order valence-electron chi connectivity index (χ4n) is 1.89. The minimum atomic E-state index is -3.76. The van der Waals surface area contributed by atoms with Crippen molar-refractivity contribution in [2.45, 2.75) is 11.8 Å². The van der Waals surface area contributed by atoms with Gasteiger partial charge in [-0.1, -0.05) is 17.7 Å². The first kappa shape index (κ1) is 14.9. The van der Waals surface area contributed by atoms with Crippen LogP contribution in [0.25, 0.3) is 0 Å². The number of sulfonamides is 1. The molecule has 2 aromatic rings. The number of hydrogen-bond acceptors (Lipinski definition) is 4. The van der Waals surface area contributed by atoms with Gasteiger partial charge >= 0.3 is 0 Å². The van der Waals surface area contributed by atoms with Crippen molar-refractivity contribution < 1.29 is 8.42 Å². The number of aryl methyl sites for hydroxylation is 1. The molecule has 5 nitrogen and oxygen atoms in total. The highest BCUT2D eigenvalue weighted by molar-refractivity contribution is 7.93. The van der Waals surface area contributed by atoms with E-state index in [1.165, 1.54) is 29.6 Å². The Bertz CT molecular complexity index is 806. The number of rotatable bonds is 3. The summed E-state index contributed by atoms with van der Waals surface area (Å²) in [4.78, 5) is -0.00965. The summed E-state index contributed by atoms with van der Waals surface area (Å²) in [5.74, 6) is 0. The van der Waals surface area contributed by atoms with Crippen LogP contribution in [-0.4, -0.2) is 15.5 Å². The fourth-order valence-corrected chi connectivity index (χ4v) is 3.19. The van der Waals surface area contributed by atoms with Gasteiger partial charge in [0.05, 0.1) is 23.0 Å². The molecule has 0 amide bonds. The average molecular weight is 301 g/mol. The van der Waals surface area contributed by atoms with Gasteiger partial charge in [0.2, 0.25) is 0 Å². The molecule has 0 aliphatic carbocycles. The van der Waals surface area contributed by atoms with Gasteiger partial charge in [-0.15, -0.1) is 0 Å². The second-order valence-corrected chi connectivity index (χ2v) is 6.61. The first-order valence-electron chi connectivity index (χ1n) is 6.21. The number of anilines is 2. The van der Waals surface area contributed by atoms with Crippen LogP contribution in [0, 0.1) is 18.3 Å². The van der Waals surface area contributed by atoms with Crippen molar-refractivity contribution >= 4 is 21.4 Å². The quantitative estimate of drug-likeness (QED) is 0.881. The average Bonchev–Trinajstić information content (AvgIpc) is 2.46. The molecular formula is C15H15N3O2S. The lowest BCUT2D eigenvalue weighted by Gasteiger charge is -2.20. The molecule has 21 heavy (non-hydrogen) atoms. The predicted molar refractivity (Wildman–Crippen MR) is 82.3 cm³/mol. The molecule has 108 valence electrons. The SMILES string of the molecule is Cc1ccc(N(C)S(=O)(=O)c2ccc(C#N)cc2N)cc1. The Balaban J connectivity index is 2.47. The van der Waals surface area contributed by atoms with Crippen LogP contribution >= 0.6 is 0 Å². The van der Waals surface area contributed by atoms with E-state index in [9.17, 15) is 8.42 Å². The lowest BCUT2D eigenvalue weighted by Crippen LogP contribution is -2.27. The van der Waals surface area contributed by atoms with E-state index in [2.05, 4.69) is 0 Å². The molecule has 0 aliphatic rings.